The van der Waals surface area contributed by atoms with E-state index in [2.05, 4.69) is 21.2 Å². The largest absolute Gasteiger partial charge is 0.344 e. The number of rotatable bonds is 3. The van der Waals surface area contributed by atoms with Crippen molar-refractivity contribution in [3.8, 4) is 0 Å². The van der Waals surface area contributed by atoms with E-state index in [1.165, 1.54) is 6.07 Å². The average molecular weight is 357 g/mol. The summed E-state index contributed by atoms with van der Waals surface area (Å²) in [5.41, 5.74) is 0.827. The quantitative estimate of drug-likeness (QED) is 0.904. The number of carbonyl (C=O) groups excluding carboxylic acids is 2. The van der Waals surface area contributed by atoms with Crippen molar-refractivity contribution in [1.29, 1.82) is 0 Å². The highest BCUT2D eigenvalue weighted by molar-refractivity contribution is 9.10. The average Bonchev–Trinajstić information content (AvgIpc) is 2.53. The van der Waals surface area contributed by atoms with Gasteiger partial charge in [0.25, 0.3) is 0 Å². The number of carbonyl (C=O) groups is 2. The zero-order chi connectivity index (χ0) is 15.6. The Labute approximate surface area is 131 Å². The van der Waals surface area contributed by atoms with Gasteiger partial charge in [0.15, 0.2) is 0 Å². The molecule has 21 heavy (non-hydrogen) atoms. The van der Waals surface area contributed by atoms with Crippen LogP contribution in [-0.2, 0) is 16.1 Å². The predicted octanol–water partition coefficient (Wildman–Crippen LogP) is 2.60. The van der Waals surface area contributed by atoms with E-state index in [4.69, 9.17) is 0 Å². The molecule has 1 aromatic rings. The second-order valence-electron chi connectivity index (χ2n) is 5.30. The molecule has 2 atom stereocenters. The first-order valence-corrected chi connectivity index (χ1v) is 7.75. The lowest BCUT2D eigenvalue weighted by Gasteiger charge is -2.28. The molecule has 1 aliphatic heterocycles. The van der Waals surface area contributed by atoms with E-state index in [0.29, 0.717) is 17.4 Å². The molecule has 1 aromatic carbocycles. The summed E-state index contributed by atoms with van der Waals surface area (Å²) in [5.74, 6) is -0.529. The van der Waals surface area contributed by atoms with Crippen LogP contribution in [-0.4, -0.2) is 28.8 Å². The summed E-state index contributed by atoms with van der Waals surface area (Å²) in [6, 6.07) is 4.02. The molecule has 6 heteroatoms. The highest BCUT2D eigenvalue weighted by Gasteiger charge is 2.32. The fourth-order valence-electron chi connectivity index (χ4n) is 2.46. The van der Waals surface area contributed by atoms with E-state index in [9.17, 15) is 14.0 Å². The maximum absolute atomic E-state index is 13.3. The van der Waals surface area contributed by atoms with E-state index in [1.54, 1.807) is 17.0 Å². The van der Waals surface area contributed by atoms with E-state index < -0.39 is 6.04 Å². The number of halogens is 2. The van der Waals surface area contributed by atoms with Crippen LogP contribution in [0.1, 0.15) is 32.3 Å². The molecule has 0 bridgehead atoms. The number of amides is 2. The maximum Gasteiger partial charge on any atom is 0.245 e. The van der Waals surface area contributed by atoms with Gasteiger partial charge < -0.3 is 10.2 Å². The van der Waals surface area contributed by atoms with Gasteiger partial charge in [-0.25, -0.2) is 4.39 Å². The topological polar surface area (TPSA) is 49.4 Å². The zero-order valence-electron chi connectivity index (χ0n) is 12.0. The Balaban J connectivity index is 2.24. The summed E-state index contributed by atoms with van der Waals surface area (Å²) < 4.78 is 13.7. The minimum absolute atomic E-state index is 0.0868. The third-order valence-corrected chi connectivity index (χ3v) is 4.28. The van der Waals surface area contributed by atoms with Crippen LogP contribution in [0.2, 0.25) is 0 Å². The SMILES string of the molecule is CCC1NC(=O)CC(C)N(Cc2ccc(F)c(Br)c2)C1=O. The lowest BCUT2D eigenvalue weighted by atomic mass is 10.1. The molecule has 2 amide bonds. The Morgan fingerprint density at radius 2 is 2.14 bits per heavy atom. The van der Waals surface area contributed by atoms with Crippen LogP contribution in [0.15, 0.2) is 22.7 Å². The fraction of sp³-hybridized carbons (Fsp3) is 0.467. The summed E-state index contributed by atoms with van der Waals surface area (Å²) >= 11 is 3.15. The van der Waals surface area contributed by atoms with Crippen LogP contribution in [0.25, 0.3) is 0 Å². The van der Waals surface area contributed by atoms with Crippen LogP contribution < -0.4 is 5.32 Å². The van der Waals surface area contributed by atoms with Crippen molar-refractivity contribution < 1.29 is 14.0 Å². The normalized spacial score (nSPS) is 23.0. The monoisotopic (exact) mass is 356 g/mol. The van der Waals surface area contributed by atoms with Gasteiger partial charge in [-0.05, 0) is 47.0 Å². The van der Waals surface area contributed by atoms with E-state index in [0.717, 1.165) is 5.56 Å². The molecule has 1 aliphatic rings. The van der Waals surface area contributed by atoms with Crippen molar-refractivity contribution in [2.45, 2.75) is 45.3 Å². The molecule has 2 rings (SSSR count). The number of benzene rings is 1. The minimum Gasteiger partial charge on any atom is -0.344 e. The molecule has 4 nitrogen and oxygen atoms in total. The Kier molecular flexibility index (Phi) is 4.98. The fourth-order valence-corrected chi connectivity index (χ4v) is 2.88. The van der Waals surface area contributed by atoms with E-state index >= 15 is 0 Å². The molecule has 1 N–H and O–H groups in total. The van der Waals surface area contributed by atoms with Crippen molar-refractivity contribution in [1.82, 2.24) is 10.2 Å². The third-order valence-electron chi connectivity index (χ3n) is 3.67. The summed E-state index contributed by atoms with van der Waals surface area (Å²) in [5, 5.41) is 2.75. The van der Waals surface area contributed by atoms with Crippen LogP contribution in [0.3, 0.4) is 0 Å². The molecular formula is C15H18BrFN2O2. The molecule has 2 unspecified atom stereocenters. The Morgan fingerprint density at radius 3 is 2.76 bits per heavy atom. The van der Waals surface area contributed by atoms with Crippen LogP contribution in [0, 0.1) is 5.82 Å². The van der Waals surface area contributed by atoms with Gasteiger partial charge in [0.05, 0.1) is 4.47 Å². The minimum atomic E-state index is -0.480. The van der Waals surface area contributed by atoms with Gasteiger partial charge in [-0.1, -0.05) is 13.0 Å². The molecule has 1 fully saturated rings. The van der Waals surface area contributed by atoms with Gasteiger partial charge in [-0.2, -0.15) is 0 Å². The molecule has 0 aliphatic carbocycles. The molecule has 0 saturated carbocycles. The molecule has 0 aromatic heterocycles. The lowest BCUT2D eigenvalue weighted by Crippen LogP contribution is -2.45. The summed E-state index contributed by atoms with van der Waals surface area (Å²) in [6.07, 6.45) is 0.839. The van der Waals surface area contributed by atoms with Gasteiger partial charge >= 0.3 is 0 Å². The first-order chi connectivity index (χ1) is 9.92. The highest BCUT2D eigenvalue weighted by atomic mass is 79.9. The number of nitrogens with one attached hydrogen (secondary N) is 1. The van der Waals surface area contributed by atoms with Crippen molar-refractivity contribution in [3.63, 3.8) is 0 Å². The van der Waals surface area contributed by atoms with Crippen LogP contribution in [0.5, 0.6) is 0 Å². The Bertz CT molecular complexity index is 565. The van der Waals surface area contributed by atoms with Crippen molar-refractivity contribution >= 4 is 27.7 Å². The first-order valence-electron chi connectivity index (χ1n) is 6.96. The molecule has 0 spiro atoms. The van der Waals surface area contributed by atoms with Gasteiger partial charge in [0.1, 0.15) is 11.9 Å². The number of hydrogen-bond acceptors (Lipinski definition) is 2. The standard InChI is InChI=1S/C15H18BrFN2O2/c1-3-13-15(21)19(9(2)6-14(20)18-13)8-10-4-5-12(17)11(16)7-10/h4-5,7,9,13H,3,6,8H2,1-2H3,(H,18,20). The van der Waals surface area contributed by atoms with Gasteiger partial charge in [0, 0.05) is 19.0 Å². The molecule has 1 saturated heterocycles. The van der Waals surface area contributed by atoms with Gasteiger partial charge in [0.2, 0.25) is 11.8 Å². The second-order valence-corrected chi connectivity index (χ2v) is 6.15. The summed E-state index contributed by atoms with van der Waals surface area (Å²) in [6.45, 7) is 4.09. The van der Waals surface area contributed by atoms with Gasteiger partial charge in [-0.3, -0.25) is 9.59 Å². The smallest absolute Gasteiger partial charge is 0.245 e. The van der Waals surface area contributed by atoms with E-state index in [1.807, 2.05) is 13.8 Å². The van der Waals surface area contributed by atoms with Crippen molar-refractivity contribution in [2.75, 3.05) is 0 Å². The maximum atomic E-state index is 13.3. The number of hydrogen-bond donors (Lipinski definition) is 1. The Hall–Kier alpha value is -1.43. The highest BCUT2D eigenvalue weighted by Crippen LogP contribution is 2.21. The van der Waals surface area contributed by atoms with Crippen molar-refractivity contribution in [2.24, 2.45) is 0 Å². The zero-order valence-corrected chi connectivity index (χ0v) is 13.6. The summed E-state index contributed by atoms with van der Waals surface area (Å²) in [4.78, 5) is 26.0. The number of nitrogens with zero attached hydrogens (tertiary/aromatic N) is 1. The lowest BCUT2D eigenvalue weighted by molar-refractivity contribution is -0.135. The first kappa shape index (κ1) is 15.9. The van der Waals surface area contributed by atoms with E-state index in [-0.39, 0.29) is 30.1 Å². The predicted molar refractivity (Wildman–Crippen MR) is 81.0 cm³/mol. The molecular weight excluding hydrogens is 339 g/mol. The molecule has 0 radical (unpaired) electrons. The second kappa shape index (κ2) is 6.56. The summed E-state index contributed by atoms with van der Waals surface area (Å²) in [7, 11) is 0. The van der Waals surface area contributed by atoms with Crippen LogP contribution >= 0.6 is 15.9 Å². The van der Waals surface area contributed by atoms with Crippen LogP contribution in [0.4, 0.5) is 4.39 Å². The van der Waals surface area contributed by atoms with Crippen molar-refractivity contribution in [3.05, 3.63) is 34.1 Å². The third kappa shape index (κ3) is 3.61. The molecule has 114 valence electrons. The molecule has 1 heterocycles. The Morgan fingerprint density at radius 1 is 1.43 bits per heavy atom. The van der Waals surface area contributed by atoms with Gasteiger partial charge in [-0.15, -0.1) is 0 Å².